The monoisotopic (exact) mass is 367 g/mol. The molecule has 144 valence electrons. The van der Waals surface area contributed by atoms with Gasteiger partial charge >= 0.3 is 6.09 Å². The summed E-state index contributed by atoms with van der Waals surface area (Å²) in [7, 11) is 1.35. The molecule has 0 aromatic heterocycles. The lowest BCUT2D eigenvalue weighted by Crippen LogP contribution is -2.36. The minimum atomic E-state index is -0.505. The van der Waals surface area contributed by atoms with Crippen LogP contribution in [0.4, 0.5) is 4.79 Å². The molecule has 0 saturated heterocycles. The molecule has 2 atom stereocenters. The van der Waals surface area contributed by atoms with Crippen LogP contribution < -0.4 is 5.32 Å². The number of methoxy groups -OCH3 is 1. The summed E-state index contributed by atoms with van der Waals surface area (Å²) in [6.45, 7) is 10.8. The van der Waals surface area contributed by atoms with Gasteiger partial charge in [0.2, 0.25) is 0 Å². The number of hydrogen-bond donors (Lipinski definition) is 1. The van der Waals surface area contributed by atoms with E-state index in [-0.39, 0.29) is 5.41 Å². The maximum Gasteiger partial charge on any atom is 0.407 e. The molecule has 2 aromatic rings. The third kappa shape index (κ3) is 5.97. The third-order valence-electron chi connectivity index (χ3n) is 4.44. The largest absolute Gasteiger partial charge is 0.453 e. The van der Waals surface area contributed by atoms with Gasteiger partial charge in [0.15, 0.2) is 0 Å². The van der Waals surface area contributed by atoms with Crippen molar-refractivity contribution in [3.05, 3.63) is 83.9 Å². The molecule has 0 spiro atoms. The summed E-state index contributed by atoms with van der Waals surface area (Å²) in [5.74, 6) is 0. The number of benzene rings is 2. The smallest absolute Gasteiger partial charge is 0.407 e. The molecule has 0 heterocycles. The summed E-state index contributed by atoms with van der Waals surface area (Å²) in [6.07, 6.45) is 0.807. The number of carbonyl (C=O) groups is 1. The molecule has 1 N–H and O–H groups in total. The average Bonchev–Trinajstić information content (AvgIpc) is 2.67. The molecule has 2 rings (SSSR count). The van der Waals surface area contributed by atoms with E-state index < -0.39 is 18.2 Å². The molecule has 0 aliphatic rings. The van der Waals surface area contributed by atoms with Crippen LogP contribution >= 0.6 is 0 Å². The van der Waals surface area contributed by atoms with Gasteiger partial charge in [-0.3, -0.25) is 0 Å². The van der Waals surface area contributed by atoms with Gasteiger partial charge in [-0.1, -0.05) is 81.4 Å². The van der Waals surface area contributed by atoms with Crippen LogP contribution in [0.2, 0.25) is 0 Å². The average molecular weight is 367 g/mol. The first kappa shape index (κ1) is 20.7. The van der Waals surface area contributed by atoms with E-state index in [1.165, 1.54) is 12.7 Å². The number of rotatable bonds is 7. The Balaban J connectivity index is 2.23. The zero-order valence-corrected chi connectivity index (χ0v) is 16.6. The van der Waals surface area contributed by atoms with Gasteiger partial charge in [0, 0.05) is 0 Å². The lowest BCUT2D eigenvalue weighted by Gasteiger charge is -2.27. The molecule has 0 bridgehead atoms. The maximum atomic E-state index is 11.9. The Morgan fingerprint density at radius 1 is 1.11 bits per heavy atom. The number of hydrogen-bond acceptors (Lipinski definition) is 3. The van der Waals surface area contributed by atoms with Crippen molar-refractivity contribution in [2.45, 2.75) is 44.9 Å². The number of amides is 1. The van der Waals surface area contributed by atoms with E-state index in [0.29, 0.717) is 6.61 Å². The predicted molar refractivity (Wildman–Crippen MR) is 109 cm³/mol. The van der Waals surface area contributed by atoms with Gasteiger partial charge in [-0.25, -0.2) is 4.79 Å². The molecule has 0 aliphatic carbocycles. The molecule has 0 aliphatic heterocycles. The number of ether oxygens (including phenoxy) is 2. The van der Waals surface area contributed by atoms with E-state index in [2.05, 4.69) is 44.8 Å². The zero-order chi connectivity index (χ0) is 19.9. The zero-order valence-electron chi connectivity index (χ0n) is 16.6. The van der Waals surface area contributed by atoms with Crippen LogP contribution in [0.15, 0.2) is 67.3 Å². The normalized spacial score (nSPS) is 13.5. The Morgan fingerprint density at radius 2 is 1.74 bits per heavy atom. The third-order valence-corrected chi connectivity index (χ3v) is 4.44. The lowest BCUT2D eigenvalue weighted by molar-refractivity contribution is 0.0446. The van der Waals surface area contributed by atoms with Crippen molar-refractivity contribution in [1.82, 2.24) is 5.32 Å². The minimum absolute atomic E-state index is 0.0610. The van der Waals surface area contributed by atoms with Gasteiger partial charge in [0.25, 0.3) is 0 Å². The standard InChI is InChI=1S/C23H29NO3/c1-6-20(27-16-17-10-8-7-9-11-17)21(24-22(25)26-5)18-12-14-19(15-13-18)23(2,3)4/h6-15,20-21H,1,16H2,2-5H3,(H,24,25)/t20-,21-/m0/s1. The highest BCUT2D eigenvalue weighted by Crippen LogP contribution is 2.26. The Morgan fingerprint density at radius 3 is 2.26 bits per heavy atom. The van der Waals surface area contributed by atoms with Gasteiger partial charge < -0.3 is 14.8 Å². The van der Waals surface area contributed by atoms with Crippen molar-refractivity contribution in [1.29, 1.82) is 0 Å². The molecule has 0 unspecified atom stereocenters. The topological polar surface area (TPSA) is 47.6 Å². The molecule has 2 aromatic carbocycles. The van der Waals surface area contributed by atoms with E-state index in [9.17, 15) is 4.79 Å². The van der Waals surface area contributed by atoms with Crippen molar-refractivity contribution < 1.29 is 14.3 Å². The highest BCUT2D eigenvalue weighted by Gasteiger charge is 2.25. The van der Waals surface area contributed by atoms with Crippen molar-refractivity contribution in [2.24, 2.45) is 0 Å². The Labute approximate surface area is 162 Å². The summed E-state index contributed by atoms with van der Waals surface area (Å²) >= 11 is 0. The molecular formula is C23H29NO3. The molecular weight excluding hydrogens is 338 g/mol. The highest BCUT2D eigenvalue weighted by atomic mass is 16.5. The quantitative estimate of drug-likeness (QED) is 0.688. The van der Waals surface area contributed by atoms with Gasteiger partial charge in [-0.15, -0.1) is 6.58 Å². The van der Waals surface area contributed by atoms with Crippen molar-refractivity contribution in [3.8, 4) is 0 Å². The molecule has 0 fully saturated rings. The molecule has 4 nitrogen and oxygen atoms in total. The summed E-state index contributed by atoms with van der Waals surface area (Å²) < 4.78 is 10.8. The van der Waals surface area contributed by atoms with Crippen LogP contribution in [-0.2, 0) is 21.5 Å². The van der Waals surface area contributed by atoms with Crippen molar-refractivity contribution in [3.63, 3.8) is 0 Å². The summed E-state index contributed by atoms with van der Waals surface area (Å²) in [5.41, 5.74) is 3.28. The first-order valence-electron chi connectivity index (χ1n) is 9.08. The van der Waals surface area contributed by atoms with Crippen LogP contribution in [0.25, 0.3) is 0 Å². The van der Waals surface area contributed by atoms with Gasteiger partial charge in [0.05, 0.1) is 19.8 Å². The fraction of sp³-hybridized carbons (Fsp3) is 0.348. The van der Waals surface area contributed by atoms with Crippen molar-refractivity contribution >= 4 is 6.09 Å². The van der Waals surface area contributed by atoms with Gasteiger partial charge in [0.1, 0.15) is 6.10 Å². The fourth-order valence-electron chi connectivity index (χ4n) is 2.80. The summed E-state index contributed by atoms with van der Waals surface area (Å²) in [4.78, 5) is 11.9. The minimum Gasteiger partial charge on any atom is -0.453 e. The van der Waals surface area contributed by atoms with E-state index in [1.54, 1.807) is 6.08 Å². The Kier molecular flexibility index (Phi) is 7.19. The maximum absolute atomic E-state index is 11.9. The van der Waals surface area contributed by atoms with Gasteiger partial charge in [-0.2, -0.15) is 0 Å². The summed E-state index contributed by atoms with van der Waals surface area (Å²) in [6, 6.07) is 17.7. The molecule has 27 heavy (non-hydrogen) atoms. The summed E-state index contributed by atoms with van der Waals surface area (Å²) in [5, 5.41) is 2.87. The molecule has 0 radical (unpaired) electrons. The first-order valence-corrected chi connectivity index (χ1v) is 9.08. The second-order valence-corrected chi connectivity index (χ2v) is 7.48. The van der Waals surface area contributed by atoms with Crippen LogP contribution in [0, 0.1) is 0 Å². The van der Waals surface area contributed by atoms with Gasteiger partial charge in [-0.05, 0) is 22.1 Å². The molecule has 0 saturated carbocycles. The predicted octanol–water partition coefficient (Wildman–Crippen LogP) is 5.15. The van der Waals surface area contributed by atoms with E-state index in [1.807, 2.05) is 42.5 Å². The van der Waals surface area contributed by atoms with Crippen LogP contribution in [0.5, 0.6) is 0 Å². The number of alkyl carbamates (subject to hydrolysis) is 1. The second kappa shape index (κ2) is 9.38. The van der Waals surface area contributed by atoms with Crippen LogP contribution in [0.3, 0.4) is 0 Å². The lowest BCUT2D eigenvalue weighted by atomic mass is 9.86. The number of nitrogens with one attached hydrogen (secondary N) is 1. The van der Waals surface area contributed by atoms with Crippen LogP contribution in [0.1, 0.15) is 43.5 Å². The van der Waals surface area contributed by atoms with E-state index in [4.69, 9.17) is 9.47 Å². The van der Waals surface area contributed by atoms with Crippen molar-refractivity contribution in [2.75, 3.05) is 7.11 Å². The Hall–Kier alpha value is -2.59. The highest BCUT2D eigenvalue weighted by molar-refractivity contribution is 5.67. The SMILES string of the molecule is C=C[C@H](OCc1ccccc1)[C@@H](NC(=O)OC)c1ccc(C(C)(C)C)cc1. The molecule has 4 heteroatoms. The molecule has 1 amide bonds. The number of carbonyl (C=O) groups excluding carboxylic acids is 1. The Bertz CT molecular complexity index is 732. The second-order valence-electron chi connectivity index (χ2n) is 7.48. The first-order chi connectivity index (χ1) is 12.8. The fourth-order valence-corrected chi connectivity index (χ4v) is 2.80. The van der Waals surface area contributed by atoms with Crippen LogP contribution in [-0.4, -0.2) is 19.3 Å². The van der Waals surface area contributed by atoms with E-state index >= 15 is 0 Å². The van der Waals surface area contributed by atoms with E-state index in [0.717, 1.165) is 11.1 Å².